The lowest BCUT2D eigenvalue weighted by molar-refractivity contribution is 0.00164. The van der Waals surface area contributed by atoms with Crippen LogP contribution >= 0.6 is 0 Å². The van der Waals surface area contributed by atoms with Gasteiger partial charge in [0.25, 0.3) is 0 Å². The van der Waals surface area contributed by atoms with Crippen LogP contribution in [0.5, 0.6) is 0 Å². The average molecular weight is 699 g/mol. The number of likely N-dealkylation sites (tertiary alicyclic amines) is 3. The smallest absolute Gasteiger partial charge is 0.410 e. The highest BCUT2D eigenvalue weighted by molar-refractivity contribution is 5.68. The molecule has 280 valence electrons. The van der Waals surface area contributed by atoms with Gasteiger partial charge in [-0.25, -0.2) is 4.79 Å². The van der Waals surface area contributed by atoms with E-state index in [1.165, 1.54) is 131 Å². The molecule has 0 saturated carbocycles. The minimum absolute atomic E-state index is 0.158. The number of rotatable bonds is 4. The van der Waals surface area contributed by atoms with E-state index in [1.54, 1.807) is 0 Å². The Labute approximate surface area is 308 Å². The third kappa shape index (κ3) is 8.23. The molecule has 8 heteroatoms. The highest BCUT2D eigenvalue weighted by atomic mass is 16.6. The quantitative estimate of drug-likeness (QED) is 0.362. The monoisotopic (exact) mass is 699 g/mol. The lowest BCUT2D eigenvalue weighted by Crippen LogP contribution is -2.53. The van der Waals surface area contributed by atoms with E-state index < -0.39 is 5.60 Å². The van der Waals surface area contributed by atoms with Crippen LogP contribution in [0.1, 0.15) is 107 Å². The van der Waals surface area contributed by atoms with Crippen LogP contribution in [0, 0.1) is 0 Å². The SMILES string of the molecule is CN1CCCc2ccc(CN3CCCC34CCN(C(=O)OC(C)(C)C)CC4)cc21.CN1CCCc2ccc(CN3CCCC34CCNCC4)cc21. The number of fused-ring (bicyclic) bond motifs is 2. The summed E-state index contributed by atoms with van der Waals surface area (Å²) in [6.45, 7) is 16.8. The van der Waals surface area contributed by atoms with Gasteiger partial charge in [0.2, 0.25) is 0 Å². The first-order valence-electron chi connectivity index (χ1n) is 20.4. The van der Waals surface area contributed by atoms with Crippen molar-refractivity contribution in [2.75, 3.05) is 76.3 Å². The molecule has 2 aromatic carbocycles. The maximum Gasteiger partial charge on any atom is 0.410 e. The molecule has 6 aliphatic rings. The number of nitrogens with one attached hydrogen (secondary N) is 1. The molecule has 2 aromatic rings. The van der Waals surface area contributed by atoms with Crippen molar-refractivity contribution in [3.8, 4) is 0 Å². The number of ether oxygens (including phenoxy) is 1. The Balaban J connectivity index is 0.000000165. The zero-order valence-electron chi connectivity index (χ0n) is 32.6. The lowest BCUT2D eigenvalue weighted by Gasteiger charge is -2.45. The van der Waals surface area contributed by atoms with E-state index >= 15 is 0 Å². The predicted octanol–water partition coefficient (Wildman–Crippen LogP) is 7.22. The van der Waals surface area contributed by atoms with Gasteiger partial charge in [-0.05, 0) is 158 Å². The first kappa shape index (κ1) is 36.5. The molecule has 51 heavy (non-hydrogen) atoms. The highest BCUT2D eigenvalue weighted by Gasteiger charge is 2.44. The maximum absolute atomic E-state index is 12.4. The first-order chi connectivity index (χ1) is 24.5. The number of hydrogen-bond acceptors (Lipinski definition) is 7. The molecule has 0 radical (unpaired) electrons. The number of carbonyl (C=O) groups is 1. The van der Waals surface area contributed by atoms with Crippen molar-refractivity contribution >= 4 is 17.5 Å². The Morgan fingerprint density at radius 3 is 1.65 bits per heavy atom. The fourth-order valence-corrected chi connectivity index (χ4v) is 10.2. The van der Waals surface area contributed by atoms with Crippen molar-refractivity contribution in [2.45, 2.75) is 128 Å². The summed E-state index contributed by atoms with van der Waals surface area (Å²) in [6.07, 6.45) is 14.9. The molecule has 1 amide bonds. The first-order valence-corrected chi connectivity index (χ1v) is 20.4. The minimum atomic E-state index is -0.425. The summed E-state index contributed by atoms with van der Waals surface area (Å²) in [5.74, 6) is 0. The van der Waals surface area contributed by atoms with Crippen molar-refractivity contribution in [3.05, 3.63) is 58.7 Å². The molecule has 0 bridgehead atoms. The Hall–Kier alpha value is -2.81. The van der Waals surface area contributed by atoms with Crippen molar-refractivity contribution in [3.63, 3.8) is 0 Å². The predicted molar refractivity (Wildman–Crippen MR) is 210 cm³/mol. The van der Waals surface area contributed by atoms with Crippen LogP contribution in [-0.4, -0.2) is 104 Å². The van der Waals surface area contributed by atoms with Crippen molar-refractivity contribution in [2.24, 2.45) is 0 Å². The van der Waals surface area contributed by atoms with Crippen LogP contribution in [-0.2, 0) is 30.7 Å². The fourth-order valence-electron chi connectivity index (χ4n) is 10.2. The van der Waals surface area contributed by atoms with Crippen molar-refractivity contribution < 1.29 is 9.53 Å². The molecule has 2 spiro atoms. The molecule has 0 unspecified atom stereocenters. The molecule has 6 aliphatic heterocycles. The Morgan fingerprint density at radius 2 is 1.16 bits per heavy atom. The number of anilines is 2. The number of hydrogen-bond donors (Lipinski definition) is 1. The zero-order chi connectivity index (χ0) is 35.6. The van der Waals surface area contributed by atoms with Crippen molar-refractivity contribution in [1.82, 2.24) is 20.0 Å². The van der Waals surface area contributed by atoms with Crippen molar-refractivity contribution in [1.29, 1.82) is 0 Å². The average Bonchev–Trinajstić information content (AvgIpc) is 3.68. The minimum Gasteiger partial charge on any atom is -0.444 e. The molecule has 4 saturated heterocycles. The zero-order valence-corrected chi connectivity index (χ0v) is 32.6. The van der Waals surface area contributed by atoms with E-state index in [2.05, 4.69) is 75.4 Å². The van der Waals surface area contributed by atoms with Gasteiger partial charge < -0.3 is 24.8 Å². The third-order valence-electron chi connectivity index (χ3n) is 13.1. The number of amides is 1. The van der Waals surface area contributed by atoms with Crippen LogP contribution in [0.3, 0.4) is 0 Å². The van der Waals surface area contributed by atoms with E-state index in [4.69, 9.17) is 4.74 Å². The second-order valence-corrected chi connectivity index (χ2v) is 17.7. The van der Waals surface area contributed by atoms with Crippen LogP contribution in [0.2, 0.25) is 0 Å². The molecule has 0 aromatic heterocycles. The van der Waals surface area contributed by atoms with Crippen LogP contribution in [0.4, 0.5) is 16.2 Å². The van der Waals surface area contributed by atoms with Gasteiger partial charge in [0, 0.05) is 75.8 Å². The third-order valence-corrected chi connectivity index (χ3v) is 13.1. The van der Waals surface area contributed by atoms with Crippen LogP contribution in [0.25, 0.3) is 0 Å². The van der Waals surface area contributed by atoms with Gasteiger partial charge in [-0.2, -0.15) is 0 Å². The van der Waals surface area contributed by atoms with E-state index in [9.17, 15) is 4.79 Å². The number of nitrogens with zero attached hydrogens (tertiary/aromatic N) is 5. The summed E-state index contributed by atoms with van der Waals surface area (Å²) < 4.78 is 5.58. The van der Waals surface area contributed by atoms with Gasteiger partial charge in [-0.3, -0.25) is 9.80 Å². The molecule has 8 nitrogen and oxygen atoms in total. The van der Waals surface area contributed by atoms with E-state index in [1.807, 2.05) is 25.7 Å². The molecular weight excluding hydrogens is 633 g/mol. The molecule has 0 aliphatic carbocycles. The van der Waals surface area contributed by atoms with Gasteiger partial charge in [-0.1, -0.05) is 24.3 Å². The molecule has 6 heterocycles. The molecule has 4 fully saturated rings. The molecule has 1 N–H and O–H groups in total. The second kappa shape index (κ2) is 15.3. The lowest BCUT2D eigenvalue weighted by atomic mass is 9.84. The number of carbonyl (C=O) groups excluding carboxylic acids is 1. The van der Waals surface area contributed by atoms with Gasteiger partial charge >= 0.3 is 6.09 Å². The fraction of sp³-hybridized carbons (Fsp3) is 0.698. The molecule has 8 rings (SSSR count). The van der Waals surface area contributed by atoms with E-state index in [0.29, 0.717) is 5.54 Å². The summed E-state index contributed by atoms with van der Waals surface area (Å²) in [4.78, 5) is 24.7. The Bertz CT molecular complexity index is 1500. The van der Waals surface area contributed by atoms with E-state index in [0.717, 1.165) is 45.6 Å². The Kier molecular flexibility index (Phi) is 10.9. The van der Waals surface area contributed by atoms with Gasteiger partial charge in [0.15, 0.2) is 0 Å². The topological polar surface area (TPSA) is 54.5 Å². The maximum atomic E-state index is 12.4. The van der Waals surface area contributed by atoms with Crippen LogP contribution in [0.15, 0.2) is 36.4 Å². The van der Waals surface area contributed by atoms with Crippen LogP contribution < -0.4 is 15.1 Å². The Morgan fingerprint density at radius 1 is 0.667 bits per heavy atom. The normalized spacial score (nSPS) is 23.2. The number of aryl methyl sites for hydroxylation is 2. The van der Waals surface area contributed by atoms with Gasteiger partial charge in [0.1, 0.15) is 5.60 Å². The second-order valence-electron chi connectivity index (χ2n) is 17.7. The molecule has 0 atom stereocenters. The summed E-state index contributed by atoms with van der Waals surface area (Å²) in [5.41, 5.74) is 9.17. The van der Waals surface area contributed by atoms with Gasteiger partial charge in [0.05, 0.1) is 0 Å². The summed E-state index contributed by atoms with van der Waals surface area (Å²) in [7, 11) is 4.46. The summed E-state index contributed by atoms with van der Waals surface area (Å²) >= 11 is 0. The van der Waals surface area contributed by atoms with Gasteiger partial charge in [-0.15, -0.1) is 0 Å². The largest absolute Gasteiger partial charge is 0.444 e. The summed E-state index contributed by atoms with van der Waals surface area (Å²) in [6, 6.07) is 14.3. The summed E-state index contributed by atoms with van der Waals surface area (Å²) in [5, 5.41) is 3.53. The number of benzene rings is 2. The number of piperidine rings is 2. The highest BCUT2D eigenvalue weighted by Crippen LogP contribution is 2.41. The van der Waals surface area contributed by atoms with E-state index in [-0.39, 0.29) is 11.6 Å². The standard InChI is InChI=1S/C24H37N3O2.C19H29N3/c1-23(2,3)29-22(28)26-15-11-24(12-16-26)10-6-14-27(24)18-19-8-9-20-7-5-13-25(4)21(20)17-19;1-21-12-2-4-17-6-5-16(14-18(17)21)15-22-13-3-7-19(22)8-10-20-11-9-19/h8-9,17H,5-7,10-16,18H2,1-4H3;5-6,14,20H,2-4,7-13,15H2,1H3. The molecular formula is C43H66N6O2.